The summed E-state index contributed by atoms with van der Waals surface area (Å²) in [7, 11) is 0. The van der Waals surface area contributed by atoms with Crippen LogP contribution in [0.15, 0.2) is 71.2 Å². The molecule has 0 fully saturated rings. The molecule has 0 spiro atoms. The second-order valence-corrected chi connectivity index (χ2v) is 8.06. The van der Waals surface area contributed by atoms with E-state index >= 15 is 0 Å². The molecule has 3 rings (SSSR count). The zero-order valence-electron chi connectivity index (χ0n) is 16.7. The fourth-order valence-corrected chi connectivity index (χ4v) is 4.33. The molecule has 146 valence electrons. The van der Waals surface area contributed by atoms with E-state index in [4.69, 9.17) is 4.74 Å². The Balaban J connectivity index is 1.91. The molecule has 3 heteroatoms. The van der Waals surface area contributed by atoms with Crippen molar-refractivity contribution in [2.45, 2.75) is 45.6 Å². The van der Waals surface area contributed by atoms with Gasteiger partial charge in [0.2, 0.25) is 0 Å². The average molecular weight is 439 g/mol. The minimum atomic E-state index is -0.0983. The summed E-state index contributed by atoms with van der Waals surface area (Å²) in [4.78, 5) is 0. The fourth-order valence-electron chi connectivity index (χ4n) is 3.84. The van der Waals surface area contributed by atoms with E-state index < -0.39 is 0 Å². The lowest BCUT2D eigenvalue weighted by molar-refractivity contribution is 0.304. The Kier molecular flexibility index (Phi) is 6.46. The minimum absolute atomic E-state index is 0.0983. The van der Waals surface area contributed by atoms with Gasteiger partial charge in [-0.15, -0.1) is 0 Å². The molecule has 0 aliphatic heterocycles. The molecule has 0 aliphatic carbocycles. The SMILES string of the molecule is CCC(CC)(c1ccc(O)c(C)c1)c1ccc(OCc2ccccc2)c(Br)c1. The second kappa shape index (κ2) is 8.83. The van der Waals surface area contributed by atoms with Gasteiger partial charge in [0.05, 0.1) is 4.47 Å². The summed E-state index contributed by atoms with van der Waals surface area (Å²) >= 11 is 3.71. The lowest BCUT2D eigenvalue weighted by atomic mass is 9.70. The van der Waals surface area contributed by atoms with Crippen LogP contribution in [-0.2, 0) is 12.0 Å². The van der Waals surface area contributed by atoms with Crippen LogP contribution in [0.25, 0.3) is 0 Å². The largest absolute Gasteiger partial charge is 0.508 e. The van der Waals surface area contributed by atoms with E-state index in [1.54, 1.807) is 6.07 Å². The van der Waals surface area contributed by atoms with Crippen LogP contribution < -0.4 is 4.74 Å². The molecule has 0 bridgehead atoms. The first kappa shape index (κ1) is 20.5. The quantitative estimate of drug-likeness (QED) is 0.424. The van der Waals surface area contributed by atoms with Crippen molar-refractivity contribution in [2.75, 3.05) is 0 Å². The van der Waals surface area contributed by atoms with E-state index in [9.17, 15) is 5.11 Å². The Morgan fingerprint density at radius 2 is 1.54 bits per heavy atom. The summed E-state index contributed by atoms with van der Waals surface area (Å²) in [6.07, 6.45) is 1.95. The molecule has 0 saturated carbocycles. The van der Waals surface area contributed by atoms with Crippen LogP contribution in [0.1, 0.15) is 48.9 Å². The highest BCUT2D eigenvalue weighted by Gasteiger charge is 2.31. The topological polar surface area (TPSA) is 29.5 Å². The number of hydrogen-bond acceptors (Lipinski definition) is 2. The van der Waals surface area contributed by atoms with Crippen LogP contribution in [-0.4, -0.2) is 5.11 Å². The van der Waals surface area contributed by atoms with Gasteiger partial charge in [-0.1, -0.05) is 62.4 Å². The first-order chi connectivity index (χ1) is 13.5. The Morgan fingerprint density at radius 3 is 2.14 bits per heavy atom. The number of aryl methyl sites for hydroxylation is 1. The van der Waals surface area contributed by atoms with Gasteiger partial charge in [0.1, 0.15) is 18.1 Å². The molecule has 28 heavy (non-hydrogen) atoms. The predicted octanol–water partition coefficient (Wildman–Crippen LogP) is 7.15. The normalized spacial score (nSPS) is 11.4. The van der Waals surface area contributed by atoms with Gasteiger partial charge in [0.25, 0.3) is 0 Å². The van der Waals surface area contributed by atoms with E-state index in [-0.39, 0.29) is 5.41 Å². The summed E-state index contributed by atoms with van der Waals surface area (Å²) < 4.78 is 6.98. The lowest BCUT2D eigenvalue weighted by Crippen LogP contribution is -2.26. The van der Waals surface area contributed by atoms with Crippen molar-refractivity contribution in [2.24, 2.45) is 0 Å². The van der Waals surface area contributed by atoms with Gasteiger partial charge >= 0.3 is 0 Å². The summed E-state index contributed by atoms with van der Waals surface area (Å²) in [5.41, 5.74) is 4.44. The van der Waals surface area contributed by atoms with E-state index in [0.29, 0.717) is 12.4 Å². The third-order valence-electron chi connectivity index (χ3n) is 5.68. The molecule has 0 aromatic heterocycles. The van der Waals surface area contributed by atoms with Crippen LogP contribution in [0.3, 0.4) is 0 Å². The first-order valence-electron chi connectivity index (χ1n) is 9.77. The molecule has 0 atom stereocenters. The molecule has 0 unspecified atom stereocenters. The second-order valence-electron chi connectivity index (χ2n) is 7.21. The van der Waals surface area contributed by atoms with Gasteiger partial charge in [0.15, 0.2) is 0 Å². The first-order valence-corrected chi connectivity index (χ1v) is 10.6. The molecular weight excluding hydrogens is 412 g/mol. The Bertz CT molecular complexity index is 931. The molecular formula is C25H27BrO2. The lowest BCUT2D eigenvalue weighted by Gasteiger charge is -2.34. The number of phenolic OH excluding ortho intramolecular Hbond substituents is 1. The van der Waals surface area contributed by atoms with Crippen LogP contribution in [0.4, 0.5) is 0 Å². The van der Waals surface area contributed by atoms with Crippen molar-refractivity contribution >= 4 is 15.9 Å². The highest BCUT2D eigenvalue weighted by Crippen LogP contribution is 2.42. The van der Waals surface area contributed by atoms with Crippen molar-refractivity contribution < 1.29 is 9.84 Å². The highest BCUT2D eigenvalue weighted by molar-refractivity contribution is 9.10. The van der Waals surface area contributed by atoms with Crippen LogP contribution >= 0.6 is 15.9 Å². The summed E-state index contributed by atoms with van der Waals surface area (Å²) in [6.45, 7) is 6.94. The average Bonchev–Trinajstić information content (AvgIpc) is 2.72. The zero-order valence-corrected chi connectivity index (χ0v) is 18.3. The van der Waals surface area contributed by atoms with E-state index in [1.165, 1.54) is 11.1 Å². The monoisotopic (exact) mass is 438 g/mol. The van der Waals surface area contributed by atoms with Crippen LogP contribution in [0.2, 0.25) is 0 Å². The van der Waals surface area contributed by atoms with Gasteiger partial charge in [-0.3, -0.25) is 0 Å². The molecule has 0 radical (unpaired) electrons. The Labute approximate surface area is 176 Å². The van der Waals surface area contributed by atoms with E-state index in [2.05, 4.69) is 66.2 Å². The molecule has 0 amide bonds. The summed E-state index contributed by atoms with van der Waals surface area (Å²) in [6, 6.07) is 22.5. The number of halogens is 1. The van der Waals surface area contributed by atoms with E-state index in [1.807, 2.05) is 31.2 Å². The van der Waals surface area contributed by atoms with Crippen molar-refractivity contribution in [3.63, 3.8) is 0 Å². The maximum Gasteiger partial charge on any atom is 0.134 e. The van der Waals surface area contributed by atoms with Crippen molar-refractivity contribution in [3.05, 3.63) is 93.5 Å². The molecule has 0 aliphatic rings. The molecule has 0 saturated heterocycles. The fraction of sp³-hybridized carbons (Fsp3) is 0.280. The molecule has 3 aromatic carbocycles. The van der Waals surface area contributed by atoms with E-state index in [0.717, 1.165) is 34.2 Å². The highest BCUT2D eigenvalue weighted by atomic mass is 79.9. The summed E-state index contributed by atoms with van der Waals surface area (Å²) in [5.74, 6) is 1.19. The minimum Gasteiger partial charge on any atom is -0.508 e. The third kappa shape index (κ3) is 4.10. The number of ether oxygens (including phenoxy) is 1. The number of hydrogen-bond donors (Lipinski definition) is 1. The third-order valence-corrected chi connectivity index (χ3v) is 6.30. The van der Waals surface area contributed by atoms with Gasteiger partial charge < -0.3 is 9.84 Å². The maximum atomic E-state index is 9.93. The molecule has 2 nitrogen and oxygen atoms in total. The molecule has 3 aromatic rings. The summed E-state index contributed by atoms with van der Waals surface area (Å²) in [5, 5.41) is 9.93. The van der Waals surface area contributed by atoms with Crippen LogP contribution in [0, 0.1) is 6.92 Å². The number of phenols is 1. The standard InChI is InChI=1S/C25H27BrO2/c1-4-25(5-2,20-11-13-23(27)18(3)15-20)21-12-14-24(22(26)16-21)28-17-19-9-7-6-8-10-19/h6-16,27H,4-5,17H2,1-3H3. The number of rotatable bonds is 7. The van der Waals surface area contributed by atoms with Gasteiger partial charge in [-0.25, -0.2) is 0 Å². The Hall–Kier alpha value is -2.26. The van der Waals surface area contributed by atoms with Crippen LogP contribution in [0.5, 0.6) is 11.5 Å². The molecule has 1 N–H and O–H groups in total. The van der Waals surface area contributed by atoms with Gasteiger partial charge in [-0.05, 0) is 76.1 Å². The van der Waals surface area contributed by atoms with Gasteiger partial charge in [0, 0.05) is 5.41 Å². The number of benzene rings is 3. The molecule has 0 heterocycles. The van der Waals surface area contributed by atoms with Gasteiger partial charge in [-0.2, -0.15) is 0 Å². The maximum absolute atomic E-state index is 9.93. The smallest absolute Gasteiger partial charge is 0.134 e. The number of aromatic hydroxyl groups is 1. The zero-order chi connectivity index (χ0) is 20.1. The predicted molar refractivity (Wildman–Crippen MR) is 119 cm³/mol. The van der Waals surface area contributed by atoms with Crippen molar-refractivity contribution in [1.82, 2.24) is 0 Å². The Morgan fingerprint density at radius 1 is 0.893 bits per heavy atom. The van der Waals surface area contributed by atoms with Crippen molar-refractivity contribution in [3.8, 4) is 11.5 Å². The van der Waals surface area contributed by atoms with Crippen molar-refractivity contribution in [1.29, 1.82) is 0 Å².